The minimum absolute atomic E-state index is 0.220. The first-order valence-electron chi connectivity index (χ1n) is 6.36. The monoisotopic (exact) mass is 296 g/mol. The lowest BCUT2D eigenvalue weighted by molar-refractivity contribution is -0.115. The maximum Gasteiger partial charge on any atom is 0.243 e. The van der Waals surface area contributed by atoms with Gasteiger partial charge in [0.05, 0.1) is 10.2 Å². The third-order valence-corrected chi connectivity index (χ3v) is 4.32. The van der Waals surface area contributed by atoms with Crippen molar-refractivity contribution in [3.63, 3.8) is 0 Å². The predicted molar refractivity (Wildman–Crippen MR) is 82.3 cm³/mol. The Kier molecular flexibility index (Phi) is 4.42. The number of alkyl halides is 1. The van der Waals surface area contributed by atoms with Crippen LogP contribution < -0.4 is 5.32 Å². The van der Waals surface area contributed by atoms with Crippen molar-refractivity contribution >= 4 is 44.2 Å². The Labute approximate surface area is 122 Å². The number of rotatable bonds is 4. The van der Waals surface area contributed by atoms with Gasteiger partial charge in [-0.2, -0.15) is 0 Å². The lowest BCUT2D eigenvalue weighted by Crippen LogP contribution is -2.19. The maximum absolute atomic E-state index is 11.5. The second-order valence-corrected chi connectivity index (χ2v) is 6.35. The smallest absolute Gasteiger partial charge is 0.243 e. The molecule has 1 N–H and O–H groups in total. The number of thiazole rings is 1. The fraction of sp³-hybridized carbons (Fsp3) is 0.429. The van der Waals surface area contributed by atoms with E-state index in [1.165, 1.54) is 16.9 Å². The van der Waals surface area contributed by atoms with E-state index in [-0.39, 0.29) is 5.91 Å². The highest BCUT2D eigenvalue weighted by atomic mass is 35.5. The van der Waals surface area contributed by atoms with E-state index in [0.717, 1.165) is 16.6 Å². The molecule has 102 valence electrons. The Morgan fingerprint density at radius 3 is 2.84 bits per heavy atom. The summed E-state index contributed by atoms with van der Waals surface area (Å²) >= 11 is 7.21. The Hall–Kier alpha value is -1.13. The molecule has 0 saturated carbocycles. The van der Waals surface area contributed by atoms with Crippen LogP contribution in [0.2, 0.25) is 0 Å². The number of carbonyl (C=O) groups excluding carboxylic acids is 1. The number of nitrogens with zero attached hydrogens (tertiary/aromatic N) is 1. The van der Waals surface area contributed by atoms with Gasteiger partial charge in [-0.25, -0.2) is 4.98 Å². The molecule has 2 rings (SSSR count). The van der Waals surface area contributed by atoms with E-state index in [4.69, 9.17) is 11.6 Å². The zero-order valence-corrected chi connectivity index (χ0v) is 12.8. The number of benzene rings is 1. The van der Waals surface area contributed by atoms with Gasteiger partial charge in [-0.1, -0.05) is 31.3 Å². The maximum atomic E-state index is 11.5. The zero-order valence-electron chi connectivity index (χ0n) is 11.2. The van der Waals surface area contributed by atoms with E-state index in [9.17, 15) is 4.79 Å². The average Bonchev–Trinajstić information content (AvgIpc) is 2.78. The van der Waals surface area contributed by atoms with Crippen LogP contribution in [0.25, 0.3) is 10.2 Å². The van der Waals surface area contributed by atoms with E-state index >= 15 is 0 Å². The molecular formula is C14H17ClN2OS. The van der Waals surface area contributed by atoms with Crippen LogP contribution in [-0.4, -0.2) is 16.3 Å². The van der Waals surface area contributed by atoms with Crippen molar-refractivity contribution in [3.05, 3.63) is 23.8 Å². The highest BCUT2D eigenvalue weighted by molar-refractivity contribution is 7.22. The first-order valence-corrected chi connectivity index (χ1v) is 7.62. The van der Waals surface area contributed by atoms with Crippen molar-refractivity contribution in [2.45, 2.75) is 38.5 Å². The third kappa shape index (κ3) is 3.25. The first kappa shape index (κ1) is 14.3. The molecule has 0 fully saturated rings. The van der Waals surface area contributed by atoms with Crippen LogP contribution in [0.1, 0.15) is 38.7 Å². The summed E-state index contributed by atoms with van der Waals surface area (Å²) in [5, 5.41) is 2.78. The van der Waals surface area contributed by atoms with Crippen molar-refractivity contribution in [1.29, 1.82) is 0 Å². The highest BCUT2D eigenvalue weighted by Gasteiger charge is 2.13. The summed E-state index contributed by atoms with van der Waals surface area (Å²) in [6.45, 7) is 6.03. The van der Waals surface area contributed by atoms with Crippen molar-refractivity contribution in [2.75, 3.05) is 5.32 Å². The van der Waals surface area contributed by atoms with Gasteiger partial charge >= 0.3 is 0 Å². The van der Waals surface area contributed by atoms with Gasteiger partial charge in [0.15, 0.2) is 5.13 Å². The van der Waals surface area contributed by atoms with Crippen molar-refractivity contribution < 1.29 is 4.79 Å². The van der Waals surface area contributed by atoms with Crippen LogP contribution in [0.15, 0.2) is 18.2 Å². The predicted octanol–water partition coefficient (Wildman–Crippen LogP) is 4.38. The van der Waals surface area contributed by atoms with E-state index < -0.39 is 5.38 Å². The number of nitrogens with one attached hydrogen (secondary N) is 1. The Balaban J connectivity index is 2.28. The van der Waals surface area contributed by atoms with Gasteiger partial charge in [0.1, 0.15) is 5.38 Å². The van der Waals surface area contributed by atoms with Gasteiger partial charge in [-0.15, -0.1) is 11.6 Å². The molecule has 0 radical (unpaired) electrons. The minimum Gasteiger partial charge on any atom is -0.301 e. The molecule has 2 aromatic rings. The number of hydrogen-bond acceptors (Lipinski definition) is 3. The molecule has 1 amide bonds. The molecule has 0 bridgehead atoms. The van der Waals surface area contributed by atoms with Crippen LogP contribution in [0.5, 0.6) is 0 Å². The SMILES string of the molecule is CC[C@H](C)c1ccc2nc(NC(=O)[C@@H](C)Cl)sc2c1. The summed E-state index contributed by atoms with van der Waals surface area (Å²) in [4.78, 5) is 15.9. The minimum atomic E-state index is -0.553. The number of aromatic nitrogens is 1. The van der Waals surface area contributed by atoms with Crippen LogP contribution in [-0.2, 0) is 4.79 Å². The molecule has 0 aliphatic rings. The lowest BCUT2D eigenvalue weighted by atomic mass is 9.99. The first-order chi connectivity index (χ1) is 9.01. The molecule has 2 atom stereocenters. The lowest BCUT2D eigenvalue weighted by Gasteiger charge is -2.07. The summed E-state index contributed by atoms with van der Waals surface area (Å²) in [5.41, 5.74) is 2.22. The summed E-state index contributed by atoms with van der Waals surface area (Å²) in [6, 6.07) is 6.26. The summed E-state index contributed by atoms with van der Waals surface area (Å²) in [7, 11) is 0. The molecule has 0 aliphatic carbocycles. The highest BCUT2D eigenvalue weighted by Crippen LogP contribution is 2.30. The molecule has 1 aromatic heterocycles. The molecule has 1 aromatic carbocycles. The molecule has 3 nitrogen and oxygen atoms in total. The molecule has 0 spiro atoms. The van der Waals surface area contributed by atoms with Crippen molar-refractivity contribution in [2.24, 2.45) is 0 Å². The number of carbonyl (C=O) groups is 1. The molecule has 0 unspecified atom stereocenters. The van der Waals surface area contributed by atoms with Crippen LogP contribution in [0.4, 0.5) is 5.13 Å². The van der Waals surface area contributed by atoms with Gasteiger partial charge in [0.2, 0.25) is 5.91 Å². The van der Waals surface area contributed by atoms with Gasteiger partial charge < -0.3 is 5.32 Å². The number of hydrogen-bond donors (Lipinski definition) is 1. The molecular weight excluding hydrogens is 280 g/mol. The largest absolute Gasteiger partial charge is 0.301 e. The Morgan fingerprint density at radius 2 is 2.21 bits per heavy atom. The summed E-state index contributed by atoms with van der Waals surface area (Å²) in [5.74, 6) is 0.315. The number of halogens is 1. The Bertz CT molecular complexity index is 594. The molecule has 0 saturated heterocycles. The Morgan fingerprint density at radius 1 is 1.47 bits per heavy atom. The second-order valence-electron chi connectivity index (χ2n) is 4.66. The van der Waals surface area contributed by atoms with Crippen LogP contribution in [0.3, 0.4) is 0 Å². The van der Waals surface area contributed by atoms with Gasteiger partial charge in [0, 0.05) is 0 Å². The second kappa shape index (κ2) is 5.88. The third-order valence-electron chi connectivity index (χ3n) is 3.19. The van der Waals surface area contributed by atoms with Gasteiger partial charge in [-0.05, 0) is 37.0 Å². The quantitative estimate of drug-likeness (QED) is 0.851. The van der Waals surface area contributed by atoms with Crippen LogP contribution >= 0.6 is 22.9 Å². The van der Waals surface area contributed by atoms with E-state index in [2.05, 4.69) is 36.3 Å². The summed E-state index contributed by atoms with van der Waals surface area (Å²) in [6.07, 6.45) is 1.11. The molecule has 19 heavy (non-hydrogen) atoms. The fourth-order valence-electron chi connectivity index (χ4n) is 1.74. The molecule has 0 aliphatic heterocycles. The van der Waals surface area contributed by atoms with E-state index in [1.807, 2.05) is 6.07 Å². The van der Waals surface area contributed by atoms with Crippen LogP contribution in [0, 0.1) is 0 Å². The summed E-state index contributed by atoms with van der Waals surface area (Å²) < 4.78 is 1.09. The standard InChI is InChI=1S/C14H17ClN2OS/c1-4-8(2)10-5-6-11-12(7-10)19-14(16-11)17-13(18)9(3)15/h5-9H,4H2,1-3H3,(H,16,17,18)/t8-,9+/m0/s1. The zero-order chi connectivity index (χ0) is 14.0. The van der Waals surface area contributed by atoms with Crippen molar-refractivity contribution in [3.8, 4) is 0 Å². The fourth-order valence-corrected chi connectivity index (χ4v) is 2.71. The number of amides is 1. The molecule has 5 heteroatoms. The van der Waals surface area contributed by atoms with Gasteiger partial charge in [0.25, 0.3) is 0 Å². The van der Waals surface area contributed by atoms with Gasteiger partial charge in [-0.3, -0.25) is 4.79 Å². The average molecular weight is 297 g/mol. The van der Waals surface area contributed by atoms with E-state index in [1.54, 1.807) is 6.92 Å². The normalized spacial score (nSPS) is 14.3. The number of anilines is 1. The van der Waals surface area contributed by atoms with Crippen molar-refractivity contribution in [1.82, 2.24) is 4.98 Å². The topological polar surface area (TPSA) is 42.0 Å². The molecule has 1 heterocycles. The number of fused-ring (bicyclic) bond motifs is 1. The van der Waals surface area contributed by atoms with E-state index in [0.29, 0.717) is 11.0 Å².